The second-order valence-corrected chi connectivity index (χ2v) is 4.35. The summed E-state index contributed by atoms with van der Waals surface area (Å²) in [6.45, 7) is 3.91. The van der Waals surface area contributed by atoms with E-state index in [-0.39, 0.29) is 11.9 Å². The van der Waals surface area contributed by atoms with Crippen LogP contribution in [0.2, 0.25) is 0 Å². The molecule has 0 aliphatic rings. The number of carbonyl (C=O) groups is 1. The van der Waals surface area contributed by atoms with Crippen LogP contribution < -0.4 is 5.32 Å². The minimum atomic E-state index is 0.0385. The number of rotatable bonds is 5. The average Bonchev–Trinajstić information content (AvgIpc) is 2.28. The van der Waals surface area contributed by atoms with Crippen molar-refractivity contribution >= 4 is 11.6 Å². The normalized spacial score (nSPS) is 11.6. The van der Waals surface area contributed by atoms with Crippen molar-refractivity contribution in [3.63, 3.8) is 0 Å². The van der Waals surface area contributed by atoms with E-state index >= 15 is 0 Å². The zero-order valence-corrected chi connectivity index (χ0v) is 10.7. The summed E-state index contributed by atoms with van der Waals surface area (Å²) in [6.07, 6.45) is 1.12. The van der Waals surface area contributed by atoms with Gasteiger partial charge < -0.3 is 5.32 Å². The van der Waals surface area contributed by atoms with Crippen molar-refractivity contribution in [3.8, 4) is 0 Å². The van der Waals surface area contributed by atoms with Gasteiger partial charge in [0.2, 0.25) is 5.91 Å². The molecule has 0 unspecified atom stereocenters. The number of nitrogens with zero attached hydrogens (tertiary/aromatic N) is 1. The summed E-state index contributed by atoms with van der Waals surface area (Å²) in [6, 6.07) is 10.2. The SMILES string of the molecule is CN=C(CC(=O)NC(C)C)Cc1ccccc1. The maximum atomic E-state index is 11.6. The van der Waals surface area contributed by atoms with Crippen molar-refractivity contribution in [2.24, 2.45) is 4.99 Å². The lowest BCUT2D eigenvalue weighted by Gasteiger charge is -2.09. The van der Waals surface area contributed by atoms with E-state index < -0.39 is 0 Å². The summed E-state index contributed by atoms with van der Waals surface area (Å²) in [5.41, 5.74) is 2.10. The Bertz CT molecular complexity index is 382. The molecule has 1 amide bonds. The molecule has 1 N–H and O–H groups in total. The molecule has 0 spiro atoms. The first-order valence-electron chi connectivity index (χ1n) is 5.89. The largest absolute Gasteiger partial charge is 0.354 e. The standard InChI is InChI=1S/C14H20N2O/c1-11(2)16-14(17)10-13(15-3)9-12-7-5-4-6-8-12/h4-8,11H,9-10H2,1-3H3,(H,16,17). The fourth-order valence-corrected chi connectivity index (χ4v) is 1.61. The van der Waals surface area contributed by atoms with Gasteiger partial charge in [0.25, 0.3) is 0 Å². The summed E-state index contributed by atoms with van der Waals surface area (Å²) in [4.78, 5) is 15.8. The molecule has 0 aromatic heterocycles. The van der Waals surface area contributed by atoms with Crippen LogP contribution >= 0.6 is 0 Å². The van der Waals surface area contributed by atoms with Gasteiger partial charge in [0.1, 0.15) is 0 Å². The summed E-state index contributed by atoms with van der Waals surface area (Å²) in [7, 11) is 1.74. The summed E-state index contributed by atoms with van der Waals surface area (Å²) >= 11 is 0. The topological polar surface area (TPSA) is 41.5 Å². The molecule has 0 heterocycles. The molecule has 3 heteroatoms. The molecule has 1 aromatic carbocycles. The first kappa shape index (κ1) is 13.4. The number of amides is 1. The molecule has 3 nitrogen and oxygen atoms in total. The molecule has 1 rings (SSSR count). The van der Waals surface area contributed by atoms with Crippen LogP contribution in [-0.2, 0) is 11.2 Å². The van der Waals surface area contributed by atoms with Gasteiger partial charge in [0.15, 0.2) is 0 Å². The lowest BCUT2D eigenvalue weighted by molar-refractivity contribution is -0.120. The van der Waals surface area contributed by atoms with E-state index in [9.17, 15) is 4.79 Å². The minimum Gasteiger partial charge on any atom is -0.354 e. The molecule has 0 saturated carbocycles. The minimum absolute atomic E-state index is 0.0385. The molecule has 1 aromatic rings. The van der Waals surface area contributed by atoms with Crippen molar-refractivity contribution in [3.05, 3.63) is 35.9 Å². The first-order chi connectivity index (χ1) is 8.11. The Hall–Kier alpha value is -1.64. The molecule has 0 aliphatic heterocycles. The van der Waals surface area contributed by atoms with E-state index in [0.29, 0.717) is 6.42 Å². The lowest BCUT2D eigenvalue weighted by Crippen LogP contribution is -2.32. The number of benzene rings is 1. The number of carbonyl (C=O) groups excluding carboxylic acids is 1. The van der Waals surface area contributed by atoms with Crippen molar-refractivity contribution in [1.29, 1.82) is 0 Å². The van der Waals surface area contributed by atoms with E-state index in [2.05, 4.69) is 10.3 Å². The van der Waals surface area contributed by atoms with Gasteiger partial charge in [0, 0.05) is 25.2 Å². The van der Waals surface area contributed by atoms with E-state index in [4.69, 9.17) is 0 Å². The van der Waals surface area contributed by atoms with Gasteiger partial charge in [-0.3, -0.25) is 9.79 Å². The second kappa shape index (κ2) is 6.84. The van der Waals surface area contributed by atoms with Crippen LogP contribution in [0.1, 0.15) is 25.8 Å². The Kier molecular flexibility index (Phi) is 5.40. The highest BCUT2D eigenvalue weighted by Crippen LogP contribution is 2.03. The van der Waals surface area contributed by atoms with E-state index in [0.717, 1.165) is 12.1 Å². The Morgan fingerprint density at radius 3 is 2.47 bits per heavy atom. The van der Waals surface area contributed by atoms with Crippen molar-refractivity contribution in [2.45, 2.75) is 32.7 Å². The molecule has 0 fully saturated rings. The third kappa shape index (κ3) is 5.29. The molecule has 0 bridgehead atoms. The smallest absolute Gasteiger partial charge is 0.225 e. The molecule has 0 aliphatic carbocycles. The predicted octanol–water partition coefficient (Wildman–Crippen LogP) is 2.21. The van der Waals surface area contributed by atoms with E-state index in [1.54, 1.807) is 7.05 Å². The van der Waals surface area contributed by atoms with Crippen LogP contribution in [0.5, 0.6) is 0 Å². The molecule has 0 saturated heterocycles. The maximum Gasteiger partial charge on any atom is 0.225 e. The monoisotopic (exact) mass is 232 g/mol. The second-order valence-electron chi connectivity index (χ2n) is 4.35. The van der Waals surface area contributed by atoms with Crippen molar-refractivity contribution < 1.29 is 4.79 Å². The van der Waals surface area contributed by atoms with Gasteiger partial charge in [-0.15, -0.1) is 0 Å². The zero-order valence-electron chi connectivity index (χ0n) is 10.7. The molecular weight excluding hydrogens is 212 g/mol. The summed E-state index contributed by atoms with van der Waals surface area (Å²) in [5, 5.41) is 2.87. The fraction of sp³-hybridized carbons (Fsp3) is 0.429. The Labute approximate surface area is 103 Å². The third-order valence-corrected chi connectivity index (χ3v) is 2.38. The van der Waals surface area contributed by atoms with Gasteiger partial charge in [-0.1, -0.05) is 30.3 Å². The highest BCUT2D eigenvalue weighted by molar-refractivity contribution is 6.01. The Balaban J connectivity index is 2.53. The quantitative estimate of drug-likeness (QED) is 0.777. The van der Waals surface area contributed by atoms with E-state index in [1.807, 2.05) is 44.2 Å². The summed E-state index contributed by atoms with van der Waals surface area (Å²) in [5.74, 6) is 0.0385. The van der Waals surface area contributed by atoms with Crippen molar-refractivity contribution in [1.82, 2.24) is 5.32 Å². The highest BCUT2D eigenvalue weighted by atomic mass is 16.1. The van der Waals surface area contributed by atoms with Gasteiger partial charge >= 0.3 is 0 Å². The first-order valence-corrected chi connectivity index (χ1v) is 5.89. The molecule has 0 atom stereocenters. The number of nitrogens with one attached hydrogen (secondary N) is 1. The van der Waals surface area contributed by atoms with Crippen LogP contribution in [-0.4, -0.2) is 24.7 Å². The average molecular weight is 232 g/mol. The summed E-state index contributed by atoms with van der Waals surface area (Å²) < 4.78 is 0. The number of hydrogen-bond donors (Lipinski definition) is 1. The maximum absolute atomic E-state index is 11.6. The van der Waals surface area contributed by atoms with Crippen LogP contribution in [0.4, 0.5) is 0 Å². The van der Waals surface area contributed by atoms with E-state index in [1.165, 1.54) is 5.56 Å². The van der Waals surface area contributed by atoms with Crippen LogP contribution in [0.25, 0.3) is 0 Å². The van der Waals surface area contributed by atoms with Crippen molar-refractivity contribution in [2.75, 3.05) is 7.05 Å². The lowest BCUT2D eigenvalue weighted by atomic mass is 10.1. The predicted molar refractivity (Wildman–Crippen MR) is 71.4 cm³/mol. The third-order valence-electron chi connectivity index (χ3n) is 2.38. The molecule has 0 radical (unpaired) electrons. The van der Waals surface area contributed by atoms with Gasteiger partial charge in [-0.2, -0.15) is 0 Å². The van der Waals surface area contributed by atoms with Gasteiger partial charge in [0.05, 0.1) is 6.42 Å². The van der Waals surface area contributed by atoms with Crippen LogP contribution in [0.15, 0.2) is 35.3 Å². The Morgan fingerprint density at radius 2 is 1.94 bits per heavy atom. The molecule has 17 heavy (non-hydrogen) atoms. The fourth-order valence-electron chi connectivity index (χ4n) is 1.61. The highest BCUT2D eigenvalue weighted by Gasteiger charge is 2.08. The van der Waals surface area contributed by atoms with Gasteiger partial charge in [-0.05, 0) is 19.4 Å². The molecular formula is C14H20N2O. The zero-order chi connectivity index (χ0) is 12.7. The molecule has 92 valence electrons. The van der Waals surface area contributed by atoms with Crippen LogP contribution in [0.3, 0.4) is 0 Å². The van der Waals surface area contributed by atoms with Gasteiger partial charge in [-0.25, -0.2) is 0 Å². The number of aliphatic imine (C=N–C) groups is 1. The van der Waals surface area contributed by atoms with Crippen LogP contribution in [0, 0.1) is 0 Å². The number of hydrogen-bond acceptors (Lipinski definition) is 2. The Morgan fingerprint density at radius 1 is 1.29 bits per heavy atom.